The van der Waals surface area contributed by atoms with Crippen molar-refractivity contribution in [3.8, 4) is 0 Å². The number of nitrogens with one attached hydrogen (secondary N) is 2. The van der Waals surface area contributed by atoms with Gasteiger partial charge in [-0.05, 0) is 5.57 Å². The summed E-state index contributed by atoms with van der Waals surface area (Å²) in [4.78, 5) is 44.1. The maximum Gasteiger partial charge on any atom is 0.354 e. The van der Waals surface area contributed by atoms with Gasteiger partial charge < -0.3 is 26.1 Å². The highest BCUT2D eigenvalue weighted by molar-refractivity contribution is 8.00. The first-order valence-electron chi connectivity index (χ1n) is 7.63. The van der Waals surface area contributed by atoms with Crippen LogP contribution in [0.5, 0.6) is 0 Å². The van der Waals surface area contributed by atoms with Crippen LogP contribution >= 0.6 is 23.5 Å². The fourth-order valence-corrected chi connectivity index (χ4v) is 4.35. The van der Waals surface area contributed by atoms with E-state index < -0.39 is 35.3 Å². The third-order valence-corrected chi connectivity index (χ3v) is 5.88. The second-order valence-electron chi connectivity index (χ2n) is 5.51. The summed E-state index contributed by atoms with van der Waals surface area (Å²) in [5.41, 5.74) is 5.26. The maximum absolute atomic E-state index is 12.6. The van der Waals surface area contributed by atoms with Crippen LogP contribution in [0.2, 0.25) is 0 Å². The van der Waals surface area contributed by atoms with E-state index in [2.05, 4.69) is 27.4 Å². The van der Waals surface area contributed by atoms with Gasteiger partial charge in [-0.3, -0.25) is 15.1 Å². The number of carboxylic acid groups (broad SMARTS) is 2. The van der Waals surface area contributed by atoms with E-state index in [0.29, 0.717) is 5.75 Å². The molecule has 0 saturated carbocycles. The number of nitrogens with zero attached hydrogens (tertiary/aromatic N) is 2. The summed E-state index contributed by atoms with van der Waals surface area (Å²) in [6.07, 6.45) is 0. The molecule has 0 aliphatic carbocycles. The molecule has 148 valence electrons. The summed E-state index contributed by atoms with van der Waals surface area (Å²) in [6.45, 7) is 3.60. The highest BCUT2D eigenvalue weighted by atomic mass is 32.2. The number of carbonyl (C=O) groups is 3. The summed E-state index contributed by atoms with van der Waals surface area (Å²) < 4.78 is 0. The number of hydrogen-bond donors (Lipinski definition) is 5. The number of oxime groups is 1. The van der Waals surface area contributed by atoms with E-state index in [0.717, 1.165) is 11.8 Å². The zero-order chi connectivity index (χ0) is 20.1. The lowest BCUT2D eigenvalue weighted by atomic mass is 10.1. The van der Waals surface area contributed by atoms with Crippen molar-refractivity contribution in [3.63, 3.8) is 0 Å². The standard InChI is InChI=1S/C14H19N5O6S2/c1-5-3-26-11(18-7(5)12(21)22)9(13(23)24)17-10(20)8(19-25-2)6-4-27-14(15)16-6/h6,9,11,14,16H,1,3-4,15H2,2H3,(H,17,20)(H,21,22)(H,23,24)/b19-8-/t6?,9-,11+,14?/m0/s1. The molecule has 0 radical (unpaired) electrons. The van der Waals surface area contributed by atoms with Gasteiger partial charge in [-0.15, -0.1) is 23.5 Å². The highest BCUT2D eigenvalue weighted by Crippen LogP contribution is 2.26. The van der Waals surface area contributed by atoms with Crippen molar-refractivity contribution in [2.45, 2.75) is 23.0 Å². The molecule has 0 spiro atoms. The molecular weight excluding hydrogens is 398 g/mol. The van der Waals surface area contributed by atoms with E-state index in [4.69, 9.17) is 15.7 Å². The number of carbonyl (C=O) groups excluding carboxylic acids is 1. The fraction of sp³-hybridized carbons (Fsp3) is 0.500. The van der Waals surface area contributed by atoms with Crippen LogP contribution in [-0.4, -0.2) is 81.1 Å². The lowest BCUT2D eigenvalue weighted by Crippen LogP contribution is -2.54. The molecule has 1 amide bonds. The summed E-state index contributed by atoms with van der Waals surface area (Å²) in [5.74, 6) is -2.79. The van der Waals surface area contributed by atoms with Gasteiger partial charge >= 0.3 is 11.9 Å². The van der Waals surface area contributed by atoms with Crippen LogP contribution in [0.3, 0.4) is 0 Å². The Labute approximate surface area is 162 Å². The van der Waals surface area contributed by atoms with Gasteiger partial charge in [-0.2, -0.15) is 0 Å². The van der Waals surface area contributed by atoms with Gasteiger partial charge in [-0.1, -0.05) is 11.7 Å². The van der Waals surface area contributed by atoms with Gasteiger partial charge in [0, 0.05) is 11.5 Å². The molecule has 2 aliphatic rings. The lowest BCUT2D eigenvalue weighted by molar-refractivity contribution is -0.141. The molecule has 0 aromatic rings. The Bertz CT molecular complexity index is 712. The van der Waals surface area contributed by atoms with Crippen LogP contribution in [0.25, 0.3) is 0 Å². The van der Waals surface area contributed by atoms with Crippen molar-refractivity contribution in [2.75, 3.05) is 18.6 Å². The van der Waals surface area contributed by atoms with E-state index in [1.807, 2.05) is 0 Å². The Morgan fingerprint density at radius 2 is 2.15 bits per heavy atom. The van der Waals surface area contributed by atoms with Crippen LogP contribution in [-0.2, 0) is 19.2 Å². The van der Waals surface area contributed by atoms with Crippen molar-refractivity contribution in [1.82, 2.24) is 10.6 Å². The molecule has 13 heteroatoms. The number of thioether (sulfide) groups is 2. The first kappa shape index (κ1) is 21.2. The zero-order valence-corrected chi connectivity index (χ0v) is 15.9. The molecule has 0 aromatic carbocycles. The largest absolute Gasteiger partial charge is 0.480 e. The third-order valence-electron chi connectivity index (χ3n) is 3.62. The van der Waals surface area contributed by atoms with Crippen LogP contribution < -0.4 is 16.4 Å². The van der Waals surface area contributed by atoms with Crippen molar-refractivity contribution in [2.24, 2.45) is 15.9 Å². The Kier molecular flexibility index (Phi) is 7.24. The number of carboxylic acids is 2. The van der Waals surface area contributed by atoms with E-state index in [-0.39, 0.29) is 28.2 Å². The predicted molar refractivity (Wildman–Crippen MR) is 102 cm³/mol. The maximum atomic E-state index is 12.6. The fourth-order valence-electron chi connectivity index (χ4n) is 2.37. The summed E-state index contributed by atoms with van der Waals surface area (Å²) >= 11 is 2.44. The van der Waals surface area contributed by atoms with Crippen molar-refractivity contribution < 1.29 is 29.4 Å². The average molecular weight is 417 g/mol. The van der Waals surface area contributed by atoms with Gasteiger partial charge in [0.15, 0.2) is 11.8 Å². The van der Waals surface area contributed by atoms with Crippen molar-refractivity contribution in [3.05, 3.63) is 12.2 Å². The first-order chi connectivity index (χ1) is 12.7. The van der Waals surface area contributed by atoms with Crippen molar-refractivity contribution in [1.29, 1.82) is 0 Å². The Morgan fingerprint density at radius 3 is 2.67 bits per heavy atom. The normalized spacial score (nSPS) is 26.9. The molecule has 0 aromatic heterocycles. The molecule has 6 N–H and O–H groups in total. The Balaban J connectivity index is 2.21. The molecule has 0 bridgehead atoms. The number of amides is 1. The summed E-state index contributed by atoms with van der Waals surface area (Å²) in [6, 6.07) is -1.98. The van der Waals surface area contributed by atoms with Gasteiger partial charge in [0.1, 0.15) is 23.7 Å². The topological polar surface area (TPSA) is 176 Å². The van der Waals surface area contributed by atoms with Gasteiger partial charge in [0.05, 0.1) is 6.04 Å². The number of aliphatic imine (C=N–C) groups is 1. The van der Waals surface area contributed by atoms with Gasteiger partial charge in [-0.25, -0.2) is 9.59 Å². The molecule has 1 fully saturated rings. The van der Waals surface area contributed by atoms with Crippen LogP contribution in [0, 0.1) is 0 Å². The van der Waals surface area contributed by atoms with E-state index in [1.54, 1.807) is 0 Å². The van der Waals surface area contributed by atoms with Crippen molar-refractivity contribution >= 4 is 52.8 Å². The molecule has 4 atom stereocenters. The molecule has 2 rings (SSSR count). The SMILES string of the molecule is C=C1CS[C@H]([C@H](NC(=O)/C(=N\OC)C2CSC(N)N2)C(=O)O)N=C1C(=O)O. The predicted octanol–water partition coefficient (Wildman–Crippen LogP) is -1.34. The molecule has 2 unspecified atom stereocenters. The Morgan fingerprint density at radius 1 is 1.44 bits per heavy atom. The zero-order valence-electron chi connectivity index (χ0n) is 14.2. The highest BCUT2D eigenvalue weighted by Gasteiger charge is 2.37. The number of nitrogens with two attached hydrogens (primary N) is 1. The first-order valence-corrected chi connectivity index (χ1v) is 9.73. The molecular formula is C14H19N5O6S2. The molecule has 1 saturated heterocycles. The van der Waals surface area contributed by atoms with Crippen LogP contribution in [0.1, 0.15) is 0 Å². The molecule has 11 nitrogen and oxygen atoms in total. The van der Waals surface area contributed by atoms with Crippen LogP contribution in [0.4, 0.5) is 0 Å². The smallest absolute Gasteiger partial charge is 0.354 e. The lowest BCUT2D eigenvalue weighted by Gasteiger charge is -2.26. The van der Waals surface area contributed by atoms with E-state index >= 15 is 0 Å². The number of rotatable bonds is 7. The quantitative estimate of drug-likeness (QED) is 0.246. The minimum absolute atomic E-state index is 0.0585. The monoisotopic (exact) mass is 417 g/mol. The number of hydrogen-bond acceptors (Lipinski definition) is 10. The molecule has 27 heavy (non-hydrogen) atoms. The van der Waals surface area contributed by atoms with Gasteiger partial charge in [0.25, 0.3) is 5.91 Å². The second kappa shape index (κ2) is 9.21. The van der Waals surface area contributed by atoms with E-state index in [1.165, 1.54) is 18.9 Å². The molecule has 2 aliphatic heterocycles. The second-order valence-corrected chi connectivity index (χ2v) is 7.79. The van der Waals surface area contributed by atoms with Gasteiger partial charge in [0.2, 0.25) is 0 Å². The minimum Gasteiger partial charge on any atom is -0.480 e. The minimum atomic E-state index is -1.46. The van der Waals surface area contributed by atoms with E-state index in [9.17, 15) is 19.5 Å². The molecule has 2 heterocycles. The van der Waals surface area contributed by atoms with Crippen LogP contribution in [0.15, 0.2) is 22.3 Å². The summed E-state index contributed by atoms with van der Waals surface area (Å²) in [7, 11) is 1.26. The summed E-state index contributed by atoms with van der Waals surface area (Å²) in [5, 5.41) is 26.6. The third kappa shape index (κ3) is 5.22. The average Bonchev–Trinajstić information content (AvgIpc) is 3.03. The Hall–Kier alpha value is -2.09. The number of aliphatic carboxylic acids is 2.